The first-order valence-corrected chi connectivity index (χ1v) is 7.39. The van der Waals surface area contributed by atoms with Crippen LogP contribution < -0.4 is 5.32 Å². The SMILES string of the molecule is CCN(CC)CC(=O)NCc1ccc(-n2ccnc2)c(F)c1. The number of hydrogen-bond acceptors (Lipinski definition) is 3. The standard InChI is InChI=1S/C16H21FN4O/c1-3-20(4-2)11-16(22)19-10-13-5-6-15(14(17)9-13)21-8-7-18-12-21/h5-9,12H,3-4,10-11H2,1-2H3,(H,19,22). The van der Waals surface area contributed by atoms with Gasteiger partial charge in [-0.15, -0.1) is 0 Å². The average Bonchev–Trinajstić information content (AvgIpc) is 3.04. The highest BCUT2D eigenvalue weighted by Gasteiger charge is 2.08. The van der Waals surface area contributed by atoms with Gasteiger partial charge in [0.05, 0.1) is 18.6 Å². The molecule has 2 aromatic rings. The van der Waals surface area contributed by atoms with Crippen LogP contribution in [0.2, 0.25) is 0 Å². The molecule has 6 heteroatoms. The number of benzene rings is 1. The molecule has 0 aliphatic carbocycles. The summed E-state index contributed by atoms with van der Waals surface area (Å²) in [6.45, 7) is 6.38. The fourth-order valence-electron chi connectivity index (χ4n) is 2.18. The first-order chi connectivity index (χ1) is 10.6. The zero-order valence-electron chi connectivity index (χ0n) is 12.9. The Bertz CT molecular complexity index is 609. The van der Waals surface area contributed by atoms with Gasteiger partial charge in [-0.05, 0) is 30.8 Å². The van der Waals surface area contributed by atoms with Gasteiger partial charge in [0.15, 0.2) is 0 Å². The van der Waals surface area contributed by atoms with Crippen molar-refractivity contribution in [1.82, 2.24) is 19.8 Å². The van der Waals surface area contributed by atoms with Gasteiger partial charge in [0.1, 0.15) is 5.82 Å². The van der Waals surface area contributed by atoms with Gasteiger partial charge >= 0.3 is 0 Å². The lowest BCUT2D eigenvalue weighted by atomic mass is 10.2. The molecule has 1 aromatic heterocycles. The zero-order chi connectivity index (χ0) is 15.9. The maximum Gasteiger partial charge on any atom is 0.234 e. The van der Waals surface area contributed by atoms with Crippen molar-refractivity contribution in [3.63, 3.8) is 0 Å². The Balaban J connectivity index is 1.94. The van der Waals surface area contributed by atoms with Gasteiger partial charge in [-0.2, -0.15) is 0 Å². The van der Waals surface area contributed by atoms with E-state index in [1.54, 1.807) is 35.4 Å². The lowest BCUT2D eigenvalue weighted by Gasteiger charge is -2.17. The molecule has 0 bridgehead atoms. The van der Waals surface area contributed by atoms with Crippen molar-refractivity contribution in [2.45, 2.75) is 20.4 Å². The van der Waals surface area contributed by atoms with Crippen LogP contribution in [0.15, 0.2) is 36.9 Å². The molecule has 0 spiro atoms. The predicted molar refractivity (Wildman–Crippen MR) is 83.2 cm³/mol. The van der Waals surface area contributed by atoms with E-state index in [0.29, 0.717) is 18.8 Å². The summed E-state index contributed by atoms with van der Waals surface area (Å²) in [5.74, 6) is -0.392. The van der Waals surface area contributed by atoms with Gasteiger partial charge in [-0.3, -0.25) is 9.69 Å². The average molecular weight is 304 g/mol. The van der Waals surface area contributed by atoms with E-state index >= 15 is 0 Å². The van der Waals surface area contributed by atoms with E-state index in [4.69, 9.17) is 0 Å². The van der Waals surface area contributed by atoms with Crippen LogP contribution in [0, 0.1) is 5.82 Å². The second-order valence-electron chi connectivity index (χ2n) is 4.99. The Labute approximate surface area is 129 Å². The van der Waals surface area contributed by atoms with Gasteiger partial charge in [-0.25, -0.2) is 9.37 Å². The Hall–Kier alpha value is -2.21. The molecule has 1 N–H and O–H groups in total. The number of nitrogens with zero attached hydrogens (tertiary/aromatic N) is 3. The third-order valence-electron chi connectivity index (χ3n) is 3.55. The largest absolute Gasteiger partial charge is 0.351 e. The van der Waals surface area contributed by atoms with E-state index in [0.717, 1.165) is 18.7 Å². The minimum absolute atomic E-state index is 0.0530. The topological polar surface area (TPSA) is 50.2 Å². The maximum atomic E-state index is 14.1. The number of halogens is 1. The van der Waals surface area contributed by atoms with Gasteiger partial charge in [0.25, 0.3) is 0 Å². The second-order valence-corrected chi connectivity index (χ2v) is 4.99. The number of nitrogens with one attached hydrogen (secondary N) is 1. The number of carbonyl (C=O) groups is 1. The summed E-state index contributed by atoms with van der Waals surface area (Å²) >= 11 is 0. The summed E-state index contributed by atoms with van der Waals surface area (Å²) in [5, 5.41) is 2.81. The number of likely N-dealkylation sites (N-methyl/N-ethyl adjacent to an activating group) is 1. The number of hydrogen-bond donors (Lipinski definition) is 1. The van der Waals surface area contributed by atoms with Crippen LogP contribution in [-0.2, 0) is 11.3 Å². The molecule has 2 rings (SSSR count). The summed E-state index contributed by atoms with van der Waals surface area (Å²) in [6, 6.07) is 4.92. The first-order valence-electron chi connectivity index (χ1n) is 7.39. The molecule has 0 fully saturated rings. The van der Waals surface area contributed by atoms with Crippen LogP contribution >= 0.6 is 0 Å². The quantitative estimate of drug-likeness (QED) is 0.851. The van der Waals surface area contributed by atoms with Crippen molar-refractivity contribution >= 4 is 5.91 Å². The summed E-state index contributed by atoms with van der Waals surface area (Å²) in [6.07, 6.45) is 4.83. The minimum atomic E-state index is -0.339. The molecule has 0 aliphatic heterocycles. The summed E-state index contributed by atoms with van der Waals surface area (Å²) < 4.78 is 15.7. The molecule has 0 saturated carbocycles. The summed E-state index contributed by atoms with van der Waals surface area (Å²) in [7, 11) is 0. The molecule has 1 heterocycles. The van der Waals surface area contributed by atoms with Crippen LogP contribution in [0.1, 0.15) is 19.4 Å². The molecule has 0 radical (unpaired) electrons. The number of rotatable bonds is 7. The molecule has 118 valence electrons. The highest BCUT2D eigenvalue weighted by Crippen LogP contribution is 2.14. The molecular formula is C16H21FN4O. The molecule has 0 unspecified atom stereocenters. The van der Waals surface area contributed by atoms with E-state index in [-0.39, 0.29) is 11.7 Å². The van der Waals surface area contributed by atoms with Crippen molar-refractivity contribution < 1.29 is 9.18 Å². The number of imidazole rings is 1. The van der Waals surface area contributed by atoms with Gasteiger partial charge in [0, 0.05) is 18.9 Å². The lowest BCUT2D eigenvalue weighted by Crippen LogP contribution is -2.36. The van der Waals surface area contributed by atoms with E-state index in [1.165, 1.54) is 6.07 Å². The van der Waals surface area contributed by atoms with Crippen LogP contribution in [0.25, 0.3) is 5.69 Å². The van der Waals surface area contributed by atoms with Crippen molar-refractivity contribution in [2.75, 3.05) is 19.6 Å². The highest BCUT2D eigenvalue weighted by molar-refractivity contribution is 5.78. The lowest BCUT2D eigenvalue weighted by molar-refractivity contribution is -0.122. The molecule has 0 saturated heterocycles. The number of aromatic nitrogens is 2. The van der Waals surface area contributed by atoms with Crippen LogP contribution in [0.4, 0.5) is 4.39 Å². The van der Waals surface area contributed by atoms with E-state index in [2.05, 4.69) is 10.3 Å². The van der Waals surface area contributed by atoms with Gasteiger partial charge in [0.2, 0.25) is 5.91 Å². The number of amides is 1. The van der Waals surface area contributed by atoms with Crippen LogP contribution in [0.5, 0.6) is 0 Å². The Morgan fingerprint density at radius 1 is 1.36 bits per heavy atom. The third kappa shape index (κ3) is 4.14. The summed E-state index contributed by atoms with van der Waals surface area (Å²) in [5.41, 5.74) is 1.17. The summed E-state index contributed by atoms with van der Waals surface area (Å²) in [4.78, 5) is 17.8. The van der Waals surface area contributed by atoms with Crippen LogP contribution in [-0.4, -0.2) is 40.0 Å². The van der Waals surface area contributed by atoms with Crippen molar-refractivity contribution in [2.24, 2.45) is 0 Å². The van der Waals surface area contributed by atoms with Crippen molar-refractivity contribution in [3.05, 3.63) is 48.3 Å². The molecule has 0 aliphatic rings. The fourth-order valence-corrected chi connectivity index (χ4v) is 2.18. The minimum Gasteiger partial charge on any atom is -0.351 e. The van der Waals surface area contributed by atoms with E-state index in [9.17, 15) is 9.18 Å². The Morgan fingerprint density at radius 2 is 2.14 bits per heavy atom. The fraction of sp³-hybridized carbons (Fsp3) is 0.375. The molecule has 1 aromatic carbocycles. The first kappa shape index (κ1) is 16.2. The second kappa shape index (κ2) is 7.70. The molecule has 0 atom stereocenters. The van der Waals surface area contributed by atoms with Crippen molar-refractivity contribution in [1.29, 1.82) is 0 Å². The maximum absolute atomic E-state index is 14.1. The Kier molecular flexibility index (Phi) is 5.66. The highest BCUT2D eigenvalue weighted by atomic mass is 19.1. The van der Waals surface area contributed by atoms with Gasteiger partial charge in [-0.1, -0.05) is 19.9 Å². The van der Waals surface area contributed by atoms with E-state index < -0.39 is 0 Å². The molecule has 5 nitrogen and oxygen atoms in total. The normalized spacial score (nSPS) is 10.9. The van der Waals surface area contributed by atoms with Gasteiger partial charge < -0.3 is 9.88 Å². The third-order valence-corrected chi connectivity index (χ3v) is 3.55. The zero-order valence-corrected chi connectivity index (χ0v) is 12.9. The smallest absolute Gasteiger partial charge is 0.234 e. The predicted octanol–water partition coefficient (Wildman–Crippen LogP) is 1.97. The van der Waals surface area contributed by atoms with Crippen molar-refractivity contribution in [3.8, 4) is 5.69 Å². The molecule has 1 amide bonds. The van der Waals surface area contributed by atoms with Crippen LogP contribution in [0.3, 0.4) is 0 Å². The number of carbonyl (C=O) groups excluding carboxylic acids is 1. The van der Waals surface area contributed by atoms with E-state index in [1.807, 2.05) is 18.7 Å². The molecule has 22 heavy (non-hydrogen) atoms. The monoisotopic (exact) mass is 304 g/mol. The Morgan fingerprint density at radius 3 is 2.73 bits per heavy atom. The molecular weight excluding hydrogens is 283 g/mol.